The van der Waals surface area contributed by atoms with Gasteiger partial charge in [-0.2, -0.15) is 0 Å². The predicted octanol–water partition coefficient (Wildman–Crippen LogP) is 3.87. The highest BCUT2D eigenvalue weighted by atomic mass is 32.2. The molecule has 0 saturated carbocycles. The quantitative estimate of drug-likeness (QED) is 0.618. The third-order valence-electron chi connectivity index (χ3n) is 4.66. The minimum Gasteiger partial charge on any atom is -0.492 e. The summed E-state index contributed by atoms with van der Waals surface area (Å²) in [5.74, 6) is -0.0185. The minimum absolute atomic E-state index is 0.0410. The van der Waals surface area contributed by atoms with E-state index in [1.54, 1.807) is 37.3 Å². The maximum atomic E-state index is 14.2. The average Bonchev–Trinajstić information content (AvgIpc) is 2.74. The number of hydrogen-bond donors (Lipinski definition) is 0. The molecule has 0 fully saturated rings. The van der Waals surface area contributed by atoms with Crippen molar-refractivity contribution < 1.29 is 22.3 Å². The van der Waals surface area contributed by atoms with E-state index < -0.39 is 21.9 Å². The first-order chi connectivity index (χ1) is 14.4. The zero-order valence-electron chi connectivity index (χ0n) is 16.0. The molecule has 1 aliphatic heterocycles. The molecule has 4 rings (SSSR count). The van der Waals surface area contributed by atoms with Gasteiger partial charge in [-0.15, -0.1) is 0 Å². The Morgan fingerprint density at radius 3 is 2.57 bits per heavy atom. The number of halogens is 1. The lowest BCUT2D eigenvalue weighted by Crippen LogP contribution is -2.50. The summed E-state index contributed by atoms with van der Waals surface area (Å²) in [5.41, 5.74) is 0.595. The molecule has 2 amide bonds. The Hall–Kier alpha value is -3.46. The third-order valence-corrected chi connectivity index (χ3v) is 6.45. The molecule has 0 spiro atoms. The molecule has 0 N–H and O–H groups in total. The molecule has 1 aromatic heterocycles. The minimum atomic E-state index is -4.14. The first kappa shape index (κ1) is 19.8. The van der Waals surface area contributed by atoms with Gasteiger partial charge in [-0.05, 0) is 48.9 Å². The lowest BCUT2D eigenvalue weighted by atomic mass is 10.2. The lowest BCUT2D eigenvalue weighted by Gasteiger charge is -2.35. The number of aryl methyl sites for hydroxylation is 1. The summed E-state index contributed by atoms with van der Waals surface area (Å²) in [6, 6.07) is 15.1. The van der Waals surface area contributed by atoms with Crippen LogP contribution in [-0.4, -0.2) is 36.9 Å². The number of fused-ring (bicyclic) bond motifs is 1. The van der Waals surface area contributed by atoms with Gasteiger partial charge in [0, 0.05) is 6.20 Å². The number of benzene rings is 2. The van der Waals surface area contributed by atoms with Crippen LogP contribution >= 0.6 is 0 Å². The molecule has 0 radical (unpaired) electrons. The van der Waals surface area contributed by atoms with E-state index in [1.165, 1.54) is 30.5 Å². The number of amides is 2. The Morgan fingerprint density at radius 2 is 1.83 bits per heavy atom. The second-order valence-electron chi connectivity index (χ2n) is 6.62. The maximum absolute atomic E-state index is 14.2. The van der Waals surface area contributed by atoms with Gasteiger partial charge in [-0.25, -0.2) is 31.8 Å². The van der Waals surface area contributed by atoms with Gasteiger partial charge in [0.2, 0.25) is 0 Å². The summed E-state index contributed by atoms with van der Waals surface area (Å²) >= 11 is 0. The van der Waals surface area contributed by atoms with Crippen LogP contribution in [0.1, 0.15) is 5.56 Å². The first-order valence-electron chi connectivity index (χ1n) is 9.15. The van der Waals surface area contributed by atoms with Crippen molar-refractivity contribution in [3.8, 4) is 5.75 Å². The highest BCUT2D eigenvalue weighted by Gasteiger charge is 2.43. The number of carbonyl (C=O) groups is 1. The second-order valence-corrected chi connectivity index (χ2v) is 8.45. The smallest absolute Gasteiger partial charge is 0.344 e. The molecule has 154 valence electrons. The number of pyridine rings is 1. The molecule has 7 nitrogen and oxygen atoms in total. The Bertz CT molecular complexity index is 1200. The summed E-state index contributed by atoms with van der Waals surface area (Å²) < 4.78 is 46.6. The Kier molecular flexibility index (Phi) is 5.13. The Morgan fingerprint density at radius 1 is 1.07 bits per heavy atom. The van der Waals surface area contributed by atoms with Crippen LogP contribution in [0.5, 0.6) is 5.75 Å². The van der Waals surface area contributed by atoms with E-state index in [2.05, 4.69) is 4.98 Å². The van der Waals surface area contributed by atoms with Crippen LogP contribution in [0.4, 0.5) is 20.7 Å². The van der Waals surface area contributed by atoms with E-state index in [0.29, 0.717) is 11.3 Å². The van der Waals surface area contributed by atoms with Crippen LogP contribution in [0, 0.1) is 12.7 Å². The Labute approximate surface area is 173 Å². The largest absolute Gasteiger partial charge is 0.492 e. The molecule has 1 aliphatic rings. The highest BCUT2D eigenvalue weighted by Crippen LogP contribution is 2.37. The molecule has 0 bridgehead atoms. The molecule has 9 heteroatoms. The van der Waals surface area contributed by atoms with E-state index >= 15 is 0 Å². The van der Waals surface area contributed by atoms with E-state index in [0.717, 1.165) is 9.21 Å². The van der Waals surface area contributed by atoms with Gasteiger partial charge in [0.25, 0.3) is 10.0 Å². The fourth-order valence-electron chi connectivity index (χ4n) is 3.11. The molecule has 30 heavy (non-hydrogen) atoms. The molecule has 2 aromatic carbocycles. The summed E-state index contributed by atoms with van der Waals surface area (Å²) in [5, 5.41) is 0. The predicted molar refractivity (Wildman–Crippen MR) is 109 cm³/mol. The Balaban J connectivity index is 1.71. The number of rotatable bonds is 5. The van der Waals surface area contributed by atoms with Crippen molar-refractivity contribution in [1.29, 1.82) is 0 Å². The SMILES string of the molecule is Cc1ccc(N2C(=O)N(CCOc3ccccc3)S(=O)(=O)c3cccnc32)cc1F. The normalized spacial score (nSPS) is 15.1. The molecule has 2 heterocycles. The van der Waals surface area contributed by atoms with E-state index in [4.69, 9.17) is 4.74 Å². The van der Waals surface area contributed by atoms with Crippen LogP contribution in [0.15, 0.2) is 71.8 Å². The summed E-state index contributed by atoms with van der Waals surface area (Å²) in [6.07, 6.45) is 1.38. The zero-order valence-corrected chi connectivity index (χ0v) is 16.8. The third kappa shape index (κ3) is 3.48. The number of carbonyl (C=O) groups excluding carboxylic acids is 1. The summed E-state index contributed by atoms with van der Waals surface area (Å²) in [7, 11) is -4.14. The van der Waals surface area contributed by atoms with Crippen LogP contribution < -0.4 is 9.64 Å². The van der Waals surface area contributed by atoms with Crippen molar-refractivity contribution in [2.75, 3.05) is 18.1 Å². The van der Waals surface area contributed by atoms with Gasteiger partial charge < -0.3 is 4.74 Å². The highest BCUT2D eigenvalue weighted by molar-refractivity contribution is 7.90. The first-order valence-corrected chi connectivity index (χ1v) is 10.6. The summed E-state index contributed by atoms with van der Waals surface area (Å²) in [6.45, 7) is 1.34. The van der Waals surface area contributed by atoms with E-state index in [9.17, 15) is 17.6 Å². The number of nitrogens with zero attached hydrogens (tertiary/aromatic N) is 3. The monoisotopic (exact) mass is 427 g/mol. The van der Waals surface area contributed by atoms with Gasteiger partial charge in [0.15, 0.2) is 5.82 Å². The van der Waals surface area contributed by atoms with Crippen LogP contribution in [0.2, 0.25) is 0 Å². The molecule has 0 saturated heterocycles. The van der Waals surface area contributed by atoms with E-state index in [1.807, 2.05) is 6.07 Å². The molecular weight excluding hydrogens is 409 g/mol. The van der Waals surface area contributed by atoms with Crippen LogP contribution in [0.25, 0.3) is 0 Å². The molecule has 0 aliphatic carbocycles. The average molecular weight is 427 g/mol. The number of hydrogen-bond acceptors (Lipinski definition) is 5. The molecule has 0 atom stereocenters. The fraction of sp³-hybridized carbons (Fsp3) is 0.143. The molecular formula is C21H18FN3O4S. The van der Waals surface area contributed by atoms with Crippen molar-refractivity contribution in [3.05, 3.63) is 78.2 Å². The topological polar surface area (TPSA) is 79.8 Å². The van der Waals surface area contributed by atoms with Crippen molar-refractivity contribution in [2.24, 2.45) is 0 Å². The number of aromatic nitrogens is 1. The van der Waals surface area contributed by atoms with Gasteiger partial charge in [0.05, 0.1) is 12.2 Å². The number of para-hydroxylation sites is 1. The van der Waals surface area contributed by atoms with Crippen LogP contribution in [0.3, 0.4) is 0 Å². The zero-order chi connectivity index (χ0) is 21.3. The van der Waals surface area contributed by atoms with Gasteiger partial charge in [0.1, 0.15) is 23.1 Å². The van der Waals surface area contributed by atoms with E-state index in [-0.39, 0.29) is 29.6 Å². The number of ether oxygens (including phenoxy) is 1. The molecule has 0 unspecified atom stereocenters. The molecule has 3 aromatic rings. The standard InChI is InChI=1S/C21H18FN3O4S/c1-15-9-10-16(14-18(15)22)25-20-19(8-5-11-23-20)30(27,28)24(21(25)26)12-13-29-17-6-3-2-4-7-17/h2-11,14H,12-13H2,1H3. The van der Waals surface area contributed by atoms with Crippen molar-refractivity contribution in [2.45, 2.75) is 11.8 Å². The number of anilines is 2. The van der Waals surface area contributed by atoms with Crippen molar-refractivity contribution in [3.63, 3.8) is 0 Å². The van der Waals surface area contributed by atoms with Crippen LogP contribution in [-0.2, 0) is 10.0 Å². The second kappa shape index (κ2) is 7.75. The summed E-state index contributed by atoms with van der Waals surface area (Å²) in [4.78, 5) is 18.2. The van der Waals surface area contributed by atoms with Gasteiger partial charge >= 0.3 is 6.03 Å². The number of urea groups is 1. The van der Waals surface area contributed by atoms with Gasteiger partial charge in [-0.1, -0.05) is 24.3 Å². The van der Waals surface area contributed by atoms with Crippen molar-refractivity contribution >= 4 is 27.6 Å². The fourth-order valence-corrected chi connectivity index (χ4v) is 4.57. The van der Waals surface area contributed by atoms with Gasteiger partial charge in [-0.3, -0.25) is 0 Å². The lowest BCUT2D eigenvalue weighted by molar-refractivity contribution is 0.219. The maximum Gasteiger partial charge on any atom is 0.344 e. The number of sulfonamides is 1. The van der Waals surface area contributed by atoms with Crippen molar-refractivity contribution in [1.82, 2.24) is 9.29 Å².